The molecule has 1 amide bonds. The molecule has 1 fully saturated rings. The molecule has 5 nitrogen and oxygen atoms in total. The fourth-order valence-corrected chi connectivity index (χ4v) is 2.67. The van der Waals surface area contributed by atoms with Crippen LogP contribution in [0.4, 0.5) is 4.79 Å². The van der Waals surface area contributed by atoms with Gasteiger partial charge in [-0.15, -0.1) is 0 Å². The number of aromatic nitrogens is 1. The number of carbonyl (C=O) groups excluding carboxylic acids is 1. The topological polar surface area (TPSA) is 57.4 Å². The van der Waals surface area contributed by atoms with Crippen molar-refractivity contribution < 1.29 is 9.53 Å². The van der Waals surface area contributed by atoms with Gasteiger partial charge in [-0.1, -0.05) is 0 Å². The predicted octanol–water partition coefficient (Wildman–Crippen LogP) is 2.89. The summed E-state index contributed by atoms with van der Waals surface area (Å²) in [6, 6.07) is 4.37. The van der Waals surface area contributed by atoms with E-state index in [2.05, 4.69) is 16.4 Å². The van der Waals surface area contributed by atoms with Crippen molar-refractivity contribution in [2.45, 2.75) is 58.2 Å². The Hall–Kier alpha value is -1.49. The van der Waals surface area contributed by atoms with E-state index in [0.29, 0.717) is 6.04 Å². The molecule has 1 unspecified atom stereocenters. The Morgan fingerprint density at radius 1 is 1.52 bits per heavy atom. The summed E-state index contributed by atoms with van der Waals surface area (Å²) in [5.41, 5.74) is 0.765. The molecule has 1 aromatic rings. The van der Waals surface area contributed by atoms with E-state index >= 15 is 0 Å². The van der Waals surface area contributed by atoms with Crippen molar-refractivity contribution in [3.63, 3.8) is 0 Å². The fraction of sp³-hybridized carbons (Fsp3) is 0.688. The first kappa shape index (κ1) is 15.9. The molecular weight excluding hydrogens is 266 g/mol. The number of nitrogens with zero attached hydrogens (tertiary/aromatic N) is 1. The molecule has 2 heterocycles. The average Bonchev–Trinajstić information content (AvgIpc) is 3.04. The fourth-order valence-electron chi connectivity index (χ4n) is 2.67. The second-order valence-corrected chi connectivity index (χ2v) is 6.63. The number of ether oxygens (including phenoxy) is 1. The minimum atomic E-state index is -0.421. The highest BCUT2D eigenvalue weighted by Crippen LogP contribution is 2.22. The zero-order chi connectivity index (χ0) is 15.3. The third kappa shape index (κ3) is 5.08. The molecule has 0 saturated carbocycles. The van der Waals surface area contributed by atoms with Crippen LogP contribution < -0.4 is 5.32 Å². The van der Waals surface area contributed by atoms with Crippen molar-refractivity contribution in [2.24, 2.45) is 0 Å². The van der Waals surface area contributed by atoms with Crippen LogP contribution in [0.1, 0.15) is 45.7 Å². The van der Waals surface area contributed by atoms with Gasteiger partial charge in [0.05, 0.1) is 0 Å². The molecule has 1 aromatic heterocycles. The quantitative estimate of drug-likeness (QED) is 0.821. The molecule has 21 heavy (non-hydrogen) atoms. The molecule has 0 aliphatic carbocycles. The van der Waals surface area contributed by atoms with Crippen molar-refractivity contribution in [3.05, 3.63) is 24.0 Å². The van der Waals surface area contributed by atoms with Gasteiger partial charge in [-0.25, -0.2) is 4.79 Å². The Morgan fingerprint density at radius 2 is 2.33 bits per heavy atom. The van der Waals surface area contributed by atoms with Crippen LogP contribution in [-0.4, -0.2) is 40.7 Å². The SMILES string of the molecule is CC(C)(C)OC(=O)N1CCCC1CCNCc1ccc[nH]1. The van der Waals surface area contributed by atoms with Crippen molar-refractivity contribution in [2.75, 3.05) is 13.1 Å². The smallest absolute Gasteiger partial charge is 0.410 e. The van der Waals surface area contributed by atoms with Crippen LogP contribution in [0.2, 0.25) is 0 Å². The maximum atomic E-state index is 12.2. The number of carbonyl (C=O) groups is 1. The number of H-pyrrole nitrogens is 1. The van der Waals surface area contributed by atoms with Crippen LogP contribution in [0.5, 0.6) is 0 Å². The number of amides is 1. The molecule has 1 aliphatic rings. The molecule has 1 atom stereocenters. The van der Waals surface area contributed by atoms with E-state index in [1.165, 1.54) is 5.69 Å². The largest absolute Gasteiger partial charge is 0.444 e. The maximum Gasteiger partial charge on any atom is 0.410 e. The lowest BCUT2D eigenvalue weighted by Gasteiger charge is -2.28. The molecule has 1 saturated heterocycles. The molecule has 0 aromatic carbocycles. The van der Waals surface area contributed by atoms with Gasteiger partial charge in [0, 0.05) is 31.0 Å². The first-order chi connectivity index (χ1) is 9.96. The van der Waals surface area contributed by atoms with Crippen LogP contribution in [0.15, 0.2) is 18.3 Å². The third-order valence-corrected chi connectivity index (χ3v) is 3.64. The van der Waals surface area contributed by atoms with Gasteiger partial charge in [0.15, 0.2) is 0 Å². The molecule has 0 radical (unpaired) electrons. The van der Waals surface area contributed by atoms with Crippen molar-refractivity contribution in [1.82, 2.24) is 15.2 Å². The molecule has 2 N–H and O–H groups in total. The lowest BCUT2D eigenvalue weighted by molar-refractivity contribution is 0.0220. The first-order valence-corrected chi connectivity index (χ1v) is 7.78. The summed E-state index contributed by atoms with van der Waals surface area (Å²) in [5.74, 6) is 0. The lowest BCUT2D eigenvalue weighted by atomic mass is 10.1. The van der Waals surface area contributed by atoms with Crippen molar-refractivity contribution >= 4 is 6.09 Å². The summed E-state index contributed by atoms with van der Waals surface area (Å²) in [6.07, 6.45) is 4.87. The van der Waals surface area contributed by atoms with Crippen molar-refractivity contribution in [1.29, 1.82) is 0 Å². The number of hydrogen-bond donors (Lipinski definition) is 2. The minimum Gasteiger partial charge on any atom is -0.444 e. The lowest BCUT2D eigenvalue weighted by Crippen LogP contribution is -2.40. The summed E-state index contributed by atoms with van der Waals surface area (Å²) < 4.78 is 5.48. The Balaban J connectivity index is 1.72. The molecule has 118 valence electrons. The normalized spacial score (nSPS) is 19.0. The Labute approximate surface area is 127 Å². The Kier molecular flexibility index (Phi) is 5.28. The van der Waals surface area contributed by atoms with Gasteiger partial charge in [-0.2, -0.15) is 0 Å². The summed E-state index contributed by atoms with van der Waals surface area (Å²) in [7, 11) is 0. The summed E-state index contributed by atoms with van der Waals surface area (Å²) in [4.78, 5) is 17.2. The number of rotatable bonds is 5. The summed E-state index contributed by atoms with van der Waals surface area (Å²) in [5, 5.41) is 3.41. The number of hydrogen-bond acceptors (Lipinski definition) is 3. The van der Waals surface area contributed by atoms with E-state index in [4.69, 9.17) is 4.74 Å². The minimum absolute atomic E-state index is 0.172. The first-order valence-electron chi connectivity index (χ1n) is 7.78. The van der Waals surface area contributed by atoms with Gasteiger partial charge in [0.2, 0.25) is 0 Å². The van der Waals surface area contributed by atoms with E-state index in [0.717, 1.165) is 38.9 Å². The number of aromatic amines is 1. The van der Waals surface area contributed by atoms with Gasteiger partial charge in [-0.05, 0) is 58.7 Å². The van der Waals surface area contributed by atoms with E-state index < -0.39 is 5.60 Å². The van der Waals surface area contributed by atoms with E-state index in [-0.39, 0.29) is 6.09 Å². The van der Waals surface area contributed by atoms with Crippen LogP contribution >= 0.6 is 0 Å². The van der Waals surface area contributed by atoms with E-state index in [1.54, 1.807) is 0 Å². The summed E-state index contributed by atoms with van der Waals surface area (Å²) in [6.45, 7) is 8.29. The maximum absolute atomic E-state index is 12.2. The molecule has 5 heteroatoms. The third-order valence-electron chi connectivity index (χ3n) is 3.64. The van der Waals surface area contributed by atoms with E-state index in [9.17, 15) is 4.79 Å². The van der Waals surface area contributed by atoms with Crippen LogP contribution in [0.25, 0.3) is 0 Å². The van der Waals surface area contributed by atoms with Crippen LogP contribution in [0, 0.1) is 0 Å². The number of likely N-dealkylation sites (tertiary alicyclic amines) is 1. The molecule has 0 spiro atoms. The van der Waals surface area contributed by atoms with Gasteiger partial charge >= 0.3 is 6.09 Å². The van der Waals surface area contributed by atoms with Crippen LogP contribution in [0.3, 0.4) is 0 Å². The Bertz CT molecular complexity index is 437. The van der Waals surface area contributed by atoms with Gasteiger partial charge < -0.3 is 19.9 Å². The molecule has 1 aliphatic heterocycles. The number of nitrogens with one attached hydrogen (secondary N) is 2. The highest BCUT2D eigenvalue weighted by molar-refractivity contribution is 5.68. The molecular formula is C16H27N3O2. The van der Waals surface area contributed by atoms with Crippen LogP contribution in [-0.2, 0) is 11.3 Å². The highest BCUT2D eigenvalue weighted by Gasteiger charge is 2.31. The highest BCUT2D eigenvalue weighted by atomic mass is 16.6. The average molecular weight is 293 g/mol. The molecule has 2 rings (SSSR count). The second kappa shape index (κ2) is 6.98. The van der Waals surface area contributed by atoms with E-state index in [1.807, 2.05) is 37.9 Å². The Morgan fingerprint density at radius 3 is 3.00 bits per heavy atom. The van der Waals surface area contributed by atoms with Gasteiger partial charge in [-0.3, -0.25) is 0 Å². The zero-order valence-corrected chi connectivity index (χ0v) is 13.3. The van der Waals surface area contributed by atoms with Crippen molar-refractivity contribution in [3.8, 4) is 0 Å². The van der Waals surface area contributed by atoms with Gasteiger partial charge in [0.25, 0.3) is 0 Å². The van der Waals surface area contributed by atoms with Gasteiger partial charge in [0.1, 0.15) is 5.60 Å². The monoisotopic (exact) mass is 293 g/mol. The zero-order valence-electron chi connectivity index (χ0n) is 13.3. The predicted molar refractivity (Wildman–Crippen MR) is 83.1 cm³/mol. The standard InChI is InChI=1S/C16H27N3O2/c1-16(2,3)21-15(20)19-11-5-7-14(19)8-10-17-12-13-6-4-9-18-13/h4,6,9,14,17-18H,5,7-8,10-12H2,1-3H3. The molecule has 0 bridgehead atoms. The second-order valence-electron chi connectivity index (χ2n) is 6.63. The summed E-state index contributed by atoms with van der Waals surface area (Å²) >= 11 is 0.